The average Bonchev–Trinajstić information content (AvgIpc) is 2.29. The van der Waals surface area contributed by atoms with Crippen LogP contribution in [0.25, 0.3) is 0 Å². The van der Waals surface area contributed by atoms with Crippen LogP contribution in [0, 0.1) is 5.92 Å². The van der Waals surface area contributed by atoms with Crippen molar-refractivity contribution in [3.05, 3.63) is 34.9 Å². The summed E-state index contributed by atoms with van der Waals surface area (Å²) in [5.41, 5.74) is 0.743. The molecule has 0 aromatic heterocycles. The summed E-state index contributed by atoms with van der Waals surface area (Å²) in [7, 11) is 0. The van der Waals surface area contributed by atoms with Crippen LogP contribution in [0.2, 0.25) is 5.02 Å². The van der Waals surface area contributed by atoms with Crippen molar-refractivity contribution < 1.29 is 9.90 Å². The first-order valence-corrected chi connectivity index (χ1v) is 6.02. The Morgan fingerprint density at radius 1 is 1.38 bits per heavy atom. The largest absolute Gasteiger partial charge is 0.388 e. The summed E-state index contributed by atoms with van der Waals surface area (Å²) >= 11 is 5.87. The van der Waals surface area contributed by atoms with Crippen LogP contribution >= 0.6 is 11.6 Å². The lowest BCUT2D eigenvalue weighted by molar-refractivity contribution is -0.128. The van der Waals surface area contributed by atoms with Gasteiger partial charge in [-0.05, 0) is 30.5 Å². The fraction of sp³-hybridized carbons (Fsp3) is 0.462. The smallest absolute Gasteiger partial charge is 0.138 e. The minimum atomic E-state index is -0.702. The fourth-order valence-electron chi connectivity index (χ4n) is 2.27. The van der Waals surface area contributed by atoms with Gasteiger partial charge in [0.05, 0.1) is 6.10 Å². The van der Waals surface area contributed by atoms with Crippen molar-refractivity contribution in [1.29, 1.82) is 0 Å². The van der Waals surface area contributed by atoms with Gasteiger partial charge in [-0.1, -0.05) is 30.2 Å². The lowest BCUT2D eigenvalue weighted by Gasteiger charge is -2.25. The Morgan fingerprint density at radius 2 is 2.19 bits per heavy atom. The number of carbonyl (C=O) groups excluding carboxylic acids is 1. The Morgan fingerprint density at radius 3 is 2.88 bits per heavy atom. The number of rotatable bonds is 2. The van der Waals surface area contributed by atoms with E-state index in [1.807, 2.05) is 6.07 Å². The van der Waals surface area contributed by atoms with Gasteiger partial charge in [-0.15, -0.1) is 0 Å². The highest BCUT2D eigenvalue weighted by Gasteiger charge is 2.29. The van der Waals surface area contributed by atoms with E-state index < -0.39 is 6.10 Å². The molecule has 16 heavy (non-hydrogen) atoms. The maximum atomic E-state index is 11.7. The van der Waals surface area contributed by atoms with Crippen molar-refractivity contribution >= 4 is 17.4 Å². The van der Waals surface area contributed by atoms with Gasteiger partial charge >= 0.3 is 0 Å². The van der Waals surface area contributed by atoms with Gasteiger partial charge < -0.3 is 5.11 Å². The van der Waals surface area contributed by atoms with Crippen molar-refractivity contribution in [2.75, 3.05) is 0 Å². The summed E-state index contributed by atoms with van der Waals surface area (Å²) in [6.45, 7) is 0. The fourth-order valence-corrected chi connectivity index (χ4v) is 2.47. The molecule has 3 heteroatoms. The molecule has 2 unspecified atom stereocenters. The number of hydrogen-bond acceptors (Lipinski definition) is 2. The Labute approximate surface area is 100 Å². The molecule has 1 saturated carbocycles. The van der Waals surface area contributed by atoms with Crippen LogP contribution in [0.1, 0.15) is 37.4 Å². The van der Waals surface area contributed by atoms with Crippen molar-refractivity contribution in [3.63, 3.8) is 0 Å². The second-order valence-electron chi connectivity index (χ2n) is 4.32. The normalized spacial score (nSPS) is 23.1. The lowest BCUT2D eigenvalue weighted by atomic mass is 9.82. The lowest BCUT2D eigenvalue weighted by Crippen LogP contribution is -2.25. The standard InChI is InChI=1S/C13H15ClO2/c14-10-5-3-4-9(8-10)13(16)11-6-1-2-7-12(11)15/h3-5,8,11,13,16H,1-2,6-7H2. The molecule has 1 fully saturated rings. The molecule has 0 saturated heterocycles. The minimum Gasteiger partial charge on any atom is -0.388 e. The molecule has 1 aliphatic rings. The summed E-state index contributed by atoms with van der Waals surface area (Å²) in [6, 6.07) is 7.11. The van der Waals surface area contributed by atoms with Gasteiger partial charge in [-0.3, -0.25) is 4.79 Å². The molecule has 0 spiro atoms. The molecule has 1 N–H and O–H groups in total. The van der Waals surface area contributed by atoms with E-state index in [1.54, 1.807) is 18.2 Å². The summed E-state index contributed by atoms with van der Waals surface area (Å²) in [5.74, 6) is -0.0639. The Hall–Kier alpha value is -0.860. The number of carbonyl (C=O) groups is 1. The molecule has 0 radical (unpaired) electrons. The van der Waals surface area contributed by atoms with E-state index in [-0.39, 0.29) is 11.7 Å². The predicted octanol–water partition coefficient (Wildman–Crippen LogP) is 3.13. The van der Waals surface area contributed by atoms with Gasteiger partial charge in [-0.2, -0.15) is 0 Å². The third-order valence-corrected chi connectivity index (χ3v) is 3.41. The molecule has 1 aromatic carbocycles. The second kappa shape index (κ2) is 4.98. The highest BCUT2D eigenvalue weighted by Crippen LogP contribution is 2.32. The maximum Gasteiger partial charge on any atom is 0.138 e. The van der Waals surface area contributed by atoms with Crippen molar-refractivity contribution in [2.24, 2.45) is 5.92 Å². The number of ketones is 1. The first kappa shape index (κ1) is 11.6. The topological polar surface area (TPSA) is 37.3 Å². The number of hydrogen-bond donors (Lipinski definition) is 1. The van der Waals surface area contributed by atoms with Crippen molar-refractivity contribution in [3.8, 4) is 0 Å². The third-order valence-electron chi connectivity index (χ3n) is 3.17. The second-order valence-corrected chi connectivity index (χ2v) is 4.75. The Bertz CT molecular complexity index is 389. The van der Waals surface area contributed by atoms with Crippen molar-refractivity contribution in [1.82, 2.24) is 0 Å². The quantitative estimate of drug-likeness (QED) is 0.860. The summed E-state index contributed by atoms with van der Waals surface area (Å²) in [5, 5.41) is 10.8. The molecular weight excluding hydrogens is 224 g/mol. The number of aliphatic hydroxyl groups excluding tert-OH is 1. The van der Waals surface area contributed by atoms with E-state index in [1.165, 1.54) is 0 Å². The van der Waals surface area contributed by atoms with Crippen LogP contribution < -0.4 is 0 Å². The highest BCUT2D eigenvalue weighted by atomic mass is 35.5. The van der Waals surface area contributed by atoms with E-state index in [0.29, 0.717) is 11.4 Å². The SMILES string of the molecule is O=C1CCCCC1C(O)c1cccc(Cl)c1. The molecular formula is C13H15ClO2. The van der Waals surface area contributed by atoms with Crippen LogP contribution in [-0.2, 0) is 4.79 Å². The molecule has 0 amide bonds. The third kappa shape index (κ3) is 2.45. The average molecular weight is 239 g/mol. The molecule has 86 valence electrons. The summed E-state index contributed by atoms with van der Waals surface area (Å²) < 4.78 is 0. The van der Waals surface area contributed by atoms with Gasteiger partial charge in [0, 0.05) is 17.4 Å². The molecule has 2 rings (SSSR count). The van der Waals surface area contributed by atoms with Crippen LogP contribution in [0.3, 0.4) is 0 Å². The van der Waals surface area contributed by atoms with Crippen LogP contribution in [0.5, 0.6) is 0 Å². The zero-order valence-electron chi connectivity index (χ0n) is 9.03. The predicted molar refractivity (Wildman–Crippen MR) is 63.4 cm³/mol. The van der Waals surface area contributed by atoms with Crippen LogP contribution in [0.4, 0.5) is 0 Å². The van der Waals surface area contributed by atoms with E-state index in [9.17, 15) is 9.90 Å². The first-order chi connectivity index (χ1) is 7.68. The molecule has 0 bridgehead atoms. The minimum absolute atomic E-state index is 0.179. The van der Waals surface area contributed by atoms with Crippen LogP contribution in [-0.4, -0.2) is 10.9 Å². The summed E-state index contributed by atoms with van der Waals surface area (Å²) in [6.07, 6.45) is 2.66. The van der Waals surface area contributed by atoms with Gasteiger partial charge in [0.2, 0.25) is 0 Å². The molecule has 0 aliphatic heterocycles. The highest BCUT2D eigenvalue weighted by molar-refractivity contribution is 6.30. The Kier molecular flexibility index (Phi) is 3.62. The number of aliphatic hydroxyl groups is 1. The van der Waals surface area contributed by atoms with E-state index >= 15 is 0 Å². The monoisotopic (exact) mass is 238 g/mol. The van der Waals surface area contributed by atoms with Crippen LogP contribution in [0.15, 0.2) is 24.3 Å². The summed E-state index contributed by atoms with van der Waals surface area (Å²) in [4.78, 5) is 11.7. The Balaban J connectivity index is 2.17. The van der Waals surface area contributed by atoms with Gasteiger partial charge in [0.25, 0.3) is 0 Å². The molecule has 1 aliphatic carbocycles. The molecule has 2 atom stereocenters. The number of Topliss-reactive ketones (excluding diaryl/α,β-unsaturated/α-hetero) is 1. The van der Waals surface area contributed by atoms with Gasteiger partial charge in [0.15, 0.2) is 0 Å². The maximum absolute atomic E-state index is 11.7. The van der Waals surface area contributed by atoms with E-state index in [2.05, 4.69) is 0 Å². The first-order valence-electron chi connectivity index (χ1n) is 5.65. The molecule has 0 heterocycles. The van der Waals surface area contributed by atoms with Gasteiger partial charge in [-0.25, -0.2) is 0 Å². The molecule has 2 nitrogen and oxygen atoms in total. The van der Waals surface area contributed by atoms with Crippen molar-refractivity contribution in [2.45, 2.75) is 31.8 Å². The zero-order chi connectivity index (χ0) is 11.5. The van der Waals surface area contributed by atoms with E-state index in [0.717, 1.165) is 24.8 Å². The molecule has 1 aromatic rings. The van der Waals surface area contributed by atoms with Gasteiger partial charge in [0.1, 0.15) is 5.78 Å². The number of halogens is 1. The zero-order valence-corrected chi connectivity index (χ0v) is 9.78. The van der Waals surface area contributed by atoms with E-state index in [4.69, 9.17) is 11.6 Å². The number of benzene rings is 1.